The van der Waals surface area contributed by atoms with E-state index in [0.717, 1.165) is 16.7 Å². The minimum atomic E-state index is -1.10. The molecule has 0 spiro atoms. The van der Waals surface area contributed by atoms with Crippen molar-refractivity contribution in [2.24, 2.45) is 11.3 Å². The number of nitrogens with one attached hydrogen (secondary N) is 1. The van der Waals surface area contributed by atoms with Crippen molar-refractivity contribution in [3.63, 3.8) is 0 Å². The van der Waals surface area contributed by atoms with Crippen molar-refractivity contribution in [2.45, 2.75) is 45.8 Å². The Morgan fingerprint density at radius 2 is 1.66 bits per heavy atom. The van der Waals surface area contributed by atoms with Crippen LogP contribution in [-0.2, 0) is 10.4 Å². The van der Waals surface area contributed by atoms with E-state index in [1.54, 1.807) is 23.1 Å². The maximum atomic E-state index is 13.7. The standard InChI is InChI=1S/C31H36ClN3O3/c1-20(2)27(34-28(36)23-7-5-6-22(18-23)21-8-14-26(33)15-9-21)29(37)35-17-16-31(38,30(3,4)19-35)24-10-12-25(32)13-11-24/h5-15,18,20,27,38H,16-17,19,33H2,1-4H3,(H,34,36)/t27-,31+/m1/s1. The zero-order valence-electron chi connectivity index (χ0n) is 22.4. The third-order valence-electron chi connectivity index (χ3n) is 7.67. The summed E-state index contributed by atoms with van der Waals surface area (Å²) >= 11 is 6.05. The van der Waals surface area contributed by atoms with Gasteiger partial charge in [0, 0.05) is 34.8 Å². The highest BCUT2D eigenvalue weighted by Crippen LogP contribution is 2.46. The number of nitrogens with two attached hydrogens (primary N) is 1. The molecule has 1 aliphatic heterocycles. The second-order valence-corrected chi connectivity index (χ2v) is 11.6. The van der Waals surface area contributed by atoms with Crippen molar-refractivity contribution in [3.05, 3.63) is 88.9 Å². The summed E-state index contributed by atoms with van der Waals surface area (Å²) in [6, 6.07) is 21.3. The van der Waals surface area contributed by atoms with Crippen LogP contribution < -0.4 is 11.1 Å². The first-order valence-corrected chi connectivity index (χ1v) is 13.3. The number of carbonyl (C=O) groups excluding carboxylic acids is 2. The van der Waals surface area contributed by atoms with Crippen LogP contribution in [0.1, 0.15) is 50.0 Å². The molecule has 2 amide bonds. The Kier molecular flexibility index (Phi) is 7.86. The van der Waals surface area contributed by atoms with Crippen LogP contribution in [-0.4, -0.2) is 41.0 Å². The topological polar surface area (TPSA) is 95.7 Å². The van der Waals surface area contributed by atoms with Gasteiger partial charge in [-0.1, -0.05) is 75.7 Å². The number of hydrogen-bond donors (Lipinski definition) is 3. The Bertz CT molecular complexity index is 1300. The molecule has 0 saturated carbocycles. The number of benzene rings is 3. The van der Waals surface area contributed by atoms with Gasteiger partial charge in [-0.25, -0.2) is 0 Å². The van der Waals surface area contributed by atoms with Crippen LogP contribution in [0.4, 0.5) is 5.69 Å². The number of likely N-dealkylation sites (tertiary alicyclic amines) is 1. The van der Waals surface area contributed by atoms with Crippen LogP contribution in [0.2, 0.25) is 5.02 Å². The van der Waals surface area contributed by atoms with Crippen LogP contribution in [0.5, 0.6) is 0 Å². The van der Waals surface area contributed by atoms with E-state index in [9.17, 15) is 14.7 Å². The van der Waals surface area contributed by atoms with Gasteiger partial charge in [0.25, 0.3) is 5.91 Å². The van der Waals surface area contributed by atoms with Crippen LogP contribution in [0, 0.1) is 11.3 Å². The van der Waals surface area contributed by atoms with Crippen molar-refractivity contribution in [3.8, 4) is 11.1 Å². The molecule has 3 aromatic rings. The molecule has 0 aliphatic carbocycles. The summed E-state index contributed by atoms with van der Waals surface area (Å²) in [6.07, 6.45) is 0.385. The lowest BCUT2D eigenvalue weighted by atomic mass is 9.66. The van der Waals surface area contributed by atoms with Crippen LogP contribution in [0.3, 0.4) is 0 Å². The highest BCUT2D eigenvalue weighted by molar-refractivity contribution is 6.30. The van der Waals surface area contributed by atoms with E-state index >= 15 is 0 Å². The predicted molar refractivity (Wildman–Crippen MR) is 153 cm³/mol. The molecule has 1 saturated heterocycles. The molecule has 0 bridgehead atoms. The van der Waals surface area contributed by atoms with Crippen LogP contribution in [0.15, 0.2) is 72.8 Å². The molecular formula is C31H36ClN3O3. The van der Waals surface area contributed by atoms with Gasteiger partial charge in [0.15, 0.2) is 0 Å². The van der Waals surface area contributed by atoms with E-state index in [2.05, 4.69) is 5.32 Å². The number of amides is 2. The van der Waals surface area contributed by atoms with E-state index in [0.29, 0.717) is 35.8 Å². The molecule has 200 valence electrons. The second-order valence-electron chi connectivity index (χ2n) is 11.2. The number of hydrogen-bond acceptors (Lipinski definition) is 4. The lowest BCUT2D eigenvalue weighted by Gasteiger charge is -2.51. The van der Waals surface area contributed by atoms with Gasteiger partial charge in [0.1, 0.15) is 6.04 Å². The molecule has 0 aromatic heterocycles. The van der Waals surface area contributed by atoms with E-state index in [1.807, 2.05) is 82.3 Å². The lowest BCUT2D eigenvalue weighted by molar-refractivity contribution is -0.155. The number of halogens is 1. The Labute approximate surface area is 229 Å². The number of aliphatic hydroxyl groups is 1. The predicted octanol–water partition coefficient (Wildman–Crippen LogP) is 5.49. The Morgan fingerprint density at radius 1 is 1.00 bits per heavy atom. The van der Waals surface area contributed by atoms with Crippen molar-refractivity contribution in [1.29, 1.82) is 0 Å². The summed E-state index contributed by atoms with van der Waals surface area (Å²) in [7, 11) is 0. The van der Waals surface area contributed by atoms with Gasteiger partial charge in [0.05, 0.1) is 5.60 Å². The van der Waals surface area contributed by atoms with Crippen molar-refractivity contribution in [2.75, 3.05) is 18.8 Å². The average molecular weight is 534 g/mol. The first kappa shape index (κ1) is 27.7. The van der Waals surface area contributed by atoms with Crippen molar-refractivity contribution >= 4 is 29.1 Å². The molecular weight excluding hydrogens is 498 g/mol. The van der Waals surface area contributed by atoms with Gasteiger partial charge in [-0.05, 0) is 65.4 Å². The smallest absolute Gasteiger partial charge is 0.251 e. The Hall–Kier alpha value is -3.35. The molecule has 1 heterocycles. The summed E-state index contributed by atoms with van der Waals surface area (Å²) in [6.45, 7) is 8.52. The first-order chi connectivity index (χ1) is 17.9. The third kappa shape index (κ3) is 5.57. The molecule has 7 heteroatoms. The number of rotatable bonds is 6. The van der Waals surface area contributed by atoms with E-state index in [4.69, 9.17) is 17.3 Å². The molecule has 0 radical (unpaired) electrons. The fourth-order valence-corrected chi connectivity index (χ4v) is 5.35. The minimum Gasteiger partial charge on any atom is -0.399 e. The molecule has 1 aliphatic rings. The van der Waals surface area contributed by atoms with Gasteiger partial charge in [0.2, 0.25) is 5.91 Å². The summed E-state index contributed by atoms with van der Waals surface area (Å²) in [5, 5.41) is 15.3. The highest BCUT2D eigenvalue weighted by atomic mass is 35.5. The minimum absolute atomic E-state index is 0.119. The number of anilines is 1. The molecule has 1 fully saturated rings. The van der Waals surface area contributed by atoms with Gasteiger partial charge in [-0.3, -0.25) is 9.59 Å². The second kappa shape index (κ2) is 10.8. The molecule has 3 aromatic carbocycles. The Balaban J connectivity index is 1.50. The fourth-order valence-electron chi connectivity index (χ4n) is 5.22. The molecule has 4 N–H and O–H groups in total. The number of carbonyl (C=O) groups is 2. The average Bonchev–Trinajstić information content (AvgIpc) is 2.89. The normalized spacial score (nSPS) is 19.7. The molecule has 6 nitrogen and oxygen atoms in total. The number of nitrogens with zero attached hydrogens (tertiary/aromatic N) is 1. The largest absolute Gasteiger partial charge is 0.399 e. The van der Waals surface area contributed by atoms with Gasteiger partial charge in [-0.2, -0.15) is 0 Å². The Morgan fingerprint density at radius 3 is 2.26 bits per heavy atom. The fraction of sp³-hybridized carbons (Fsp3) is 0.355. The summed E-state index contributed by atoms with van der Waals surface area (Å²) < 4.78 is 0. The maximum absolute atomic E-state index is 13.7. The molecule has 4 rings (SSSR count). The molecule has 38 heavy (non-hydrogen) atoms. The highest BCUT2D eigenvalue weighted by Gasteiger charge is 2.50. The first-order valence-electron chi connectivity index (χ1n) is 13.0. The molecule has 2 atom stereocenters. The zero-order valence-corrected chi connectivity index (χ0v) is 23.1. The SMILES string of the molecule is CC(C)[C@@H](NC(=O)c1cccc(-c2ccc(N)cc2)c1)C(=O)N1CC[C@](O)(c2ccc(Cl)cc2)C(C)(C)C1. The summed E-state index contributed by atoms with van der Waals surface area (Å²) in [4.78, 5) is 28.7. The van der Waals surface area contributed by atoms with Crippen molar-refractivity contribution in [1.82, 2.24) is 10.2 Å². The maximum Gasteiger partial charge on any atom is 0.251 e. The third-order valence-corrected chi connectivity index (χ3v) is 7.92. The van der Waals surface area contributed by atoms with Crippen LogP contribution in [0.25, 0.3) is 11.1 Å². The zero-order chi connectivity index (χ0) is 27.7. The lowest BCUT2D eigenvalue weighted by Crippen LogP contribution is -2.60. The van der Waals surface area contributed by atoms with Gasteiger partial charge >= 0.3 is 0 Å². The van der Waals surface area contributed by atoms with E-state index in [-0.39, 0.29) is 17.7 Å². The number of piperidine rings is 1. The van der Waals surface area contributed by atoms with Crippen LogP contribution >= 0.6 is 11.6 Å². The van der Waals surface area contributed by atoms with E-state index in [1.165, 1.54) is 0 Å². The number of nitrogen functional groups attached to an aromatic ring is 1. The van der Waals surface area contributed by atoms with Crippen molar-refractivity contribution < 1.29 is 14.7 Å². The summed E-state index contributed by atoms with van der Waals surface area (Å²) in [5.41, 5.74) is 7.87. The molecule has 0 unspecified atom stereocenters. The van der Waals surface area contributed by atoms with E-state index < -0.39 is 17.1 Å². The monoisotopic (exact) mass is 533 g/mol. The van der Waals surface area contributed by atoms with Gasteiger partial charge in [-0.15, -0.1) is 0 Å². The quantitative estimate of drug-likeness (QED) is 0.365. The van der Waals surface area contributed by atoms with Gasteiger partial charge < -0.3 is 21.1 Å². The summed E-state index contributed by atoms with van der Waals surface area (Å²) in [5.74, 6) is -0.565.